The maximum absolute atomic E-state index is 12.3. The van der Waals surface area contributed by atoms with Gasteiger partial charge in [-0.3, -0.25) is 0 Å². The molecule has 6 heteroatoms. The normalized spacial score (nSPS) is 15.2. The van der Waals surface area contributed by atoms with Crippen LogP contribution in [-0.2, 0) is 4.74 Å². The smallest absolute Gasteiger partial charge is 0.342 e. The Hall–Kier alpha value is -2.89. The van der Waals surface area contributed by atoms with Gasteiger partial charge in [-0.2, -0.15) is 0 Å². The fourth-order valence-corrected chi connectivity index (χ4v) is 2.60. The van der Waals surface area contributed by atoms with E-state index in [1.165, 1.54) is 21.3 Å². The number of fused-ring (bicyclic) bond motifs is 1. The van der Waals surface area contributed by atoms with Gasteiger partial charge in [0.05, 0.1) is 27.0 Å². The van der Waals surface area contributed by atoms with Crippen molar-refractivity contribution in [2.45, 2.75) is 6.23 Å². The zero-order chi connectivity index (χ0) is 16.4. The number of para-hydroxylation sites is 2. The van der Waals surface area contributed by atoms with Gasteiger partial charge in [0, 0.05) is 5.56 Å². The van der Waals surface area contributed by atoms with Crippen LogP contribution in [0.2, 0.25) is 0 Å². The van der Waals surface area contributed by atoms with Crippen LogP contribution in [0.15, 0.2) is 36.4 Å². The Labute approximate surface area is 133 Å². The van der Waals surface area contributed by atoms with Crippen LogP contribution in [0.25, 0.3) is 0 Å². The lowest BCUT2D eigenvalue weighted by molar-refractivity contribution is 0.0592. The van der Waals surface area contributed by atoms with E-state index in [0.29, 0.717) is 17.1 Å². The summed E-state index contributed by atoms with van der Waals surface area (Å²) in [5.74, 6) is 0.977. The summed E-state index contributed by atoms with van der Waals surface area (Å²) in [5, 5.41) is 3.23. The number of rotatable bonds is 4. The van der Waals surface area contributed by atoms with Gasteiger partial charge in [-0.1, -0.05) is 12.1 Å². The molecule has 0 amide bonds. The Bertz CT molecular complexity index is 719. The van der Waals surface area contributed by atoms with Gasteiger partial charge in [-0.25, -0.2) is 4.79 Å². The van der Waals surface area contributed by atoms with Crippen molar-refractivity contribution in [3.05, 3.63) is 47.5 Å². The molecule has 0 aromatic heterocycles. The van der Waals surface area contributed by atoms with E-state index >= 15 is 0 Å². The SMILES string of the molecule is COC(=O)c1c([C@@H]2Nc3ccccc3O2)ccc(OC)c1OC. The first kappa shape index (κ1) is 15.0. The Morgan fingerprint density at radius 3 is 2.52 bits per heavy atom. The van der Waals surface area contributed by atoms with Crippen molar-refractivity contribution in [1.82, 2.24) is 0 Å². The van der Waals surface area contributed by atoms with Gasteiger partial charge in [-0.15, -0.1) is 0 Å². The van der Waals surface area contributed by atoms with Gasteiger partial charge in [0.1, 0.15) is 11.3 Å². The van der Waals surface area contributed by atoms with Gasteiger partial charge < -0.3 is 24.3 Å². The summed E-state index contributed by atoms with van der Waals surface area (Å²) in [7, 11) is 4.31. The predicted molar refractivity (Wildman–Crippen MR) is 84.3 cm³/mol. The molecule has 6 nitrogen and oxygen atoms in total. The van der Waals surface area contributed by atoms with Crippen LogP contribution in [-0.4, -0.2) is 27.3 Å². The number of methoxy groups -OCH3 is 3. The molecular formula is C17H17NO5. The quantitative estimate of drug-likeness (QED) is 0.875. The van der Waals surface area contributed by atoms with Crippen molar-refractivity contribution in [2.75, 3.05) is 26.6 Å². The van der Waals surface area contributed by atoms with Crippen LogP contribution >= 0.6 is 0 Å². The lowest BCUT2D eigenvalue weighted by atomic mass is 10.0. The van der Waals surface area contributed by atoms with Crippen LogP contribution < -0.4 is 19.5 Å². The number of esters is 1. The maximum Gasteiger partial charge on any atom is 0.342 e. The molecule has 1 aliphatic heterocycles. The molecule has 1 heterocycles. The number of hydrogen-bond acceptors (Lipinski definition) is 6. The molecule has 1 N–H and O–H groups in total. The standard InChI is InChI=1S/C17H17NO5/c1-20-13-9-8-10(14(15(13)21-2)17(19)22-3)16-18-11-6-4-5-7-12(11)23-16/h4-9,16,18H,1-3H3/t16-/m1/s1. The van der Waals surface area contributed by atoms with E-state index in [0.717, 1.165) is 11.4 Å². The molecule has 1 atom stereocenters. The minimum absolute atomic E-state index is 0.277. The molecule has 0 fully saturated rings. The molecule has 2 aromatic rings. The summed E-state index contributed by atoms with van der Waals surface area (Å²) in [6, 6.07) is 11.1. The summed E-state index contributed by atoms with van der Waals surface area (Å²) in [6.45, 7) is 0. The number of ether oxygens (including phenoxy) is 4. The highest BCUT2D eigenvalue weighted by molar-refractivity contribution is 5.95. The topological polar surface area (TPSA) is 66.0 Å². The fraction of sp³-hybridized carbons (Fsp3) is 0.235. The van der Waals surface area contributed by atoms with Gasteiger partial charge in [0.15, 0.2) is 17.7 Å². The van der Waals surface area contributed by atoms with E-state index in [4.69, 9.17) is 18.9 Å². The first-order valence-electron chi connectivity index (χ1n) is 7.05. The van der Waals surface area contributed by atoms with Crippen molar-refractivity contribution in [2.24, 2.45) is 0 Å². The molecule has 0 aliphatic carbocycles. The summed E-state index contributed by atoms with van der Waals surface area (Å²) < 4.78 is 21.4. The fourth-order valence-electron chi connectivity index (χ4n) is 2.60. The van der Waals surface area contributed by atoms with Crippen LogP contribution in [0.1, 0.15) is 22.1 Å². The van der Waals surface area contributed by atoms with E-state index in [-0.39, 0.29) is 5.56 Å². The molecule has 1 aliphatic rings. The highest BCUT2D eigenvalue weighted by Gasteiger charge is 2.31. The largest absolute Gasteiger partial charge is 0.493 e. The van der Waals surface area contributed by atoms with Gasteiger partial charge in [0.25, 0.3) is 0 Å². The molecule has 3 rings (SSSR count). The number of hydrogen-bond donors (Lipinski definition) is 1. The summed E-state index contributed by atoms with van der Waals surface area (Å²) in [6.07, 6.45) is -0.513. The number of carbonyl (C=O) groups is 1. The molecule has 23 heavy (non-hydrogen) atoms. The monoisotopic (exact) mass is 315 g/mol. The number of anilines is 1. The van der Waals surface area contributed by atoms with Crippen molar-refractivity contribution < 1.29 is 23.7 Å². The average Bonchev–Trinajstić information content (AvgIpc) is 3.03. The zero-order valence-electron chi connectivity index (χ0n) is 13.1. The summed E-state index contributed by atoms with van der Waals surface area (Å²) >= 11 is 0. The molecule has 120 valence electrons. The Kier molecular flexibility index (Phi) is 3.97. The summed E-state index contributed by atoms with van der Waals surface area (Å²) in [4.78, 5) is 12.3. The molecule has 0 unspecified atom stereocenters. The molecule has 0 saturated heterocycles. The third-order valence-electron chi connectivity index (χ3n) is 3.67. The van der Waals surface area contributed by atoms with E-state index < -0.39 is 12.2 Å². The number of carbonyl (C=O) groups excluding carboxylic acids is 1. The first-order valence-corrected chi connectivity index (χ1v) is 7.05. The second-order valence-electron chi connectivity index (χ2n) is 4.90. The third-order valence-corrected chi connectivity index (χ3v) is 3.67. The van der Waals surface area contributed by atoms with Crippen LogP contribution in [0, 0.1) is 0 Å². The van der Waals surface area contributed by atoms with Crippen LogP contribution in [0.4, 0.5) is 5.69 Å². The number of nitrogens with one attached hydrogen (secondary N) is 1. The lowest BCUT2D eigenvalue weighted by Gasteiger charge is -2.19. The lowest BCUT2D eigenvalue weighted by Crippen LogP contribution is -2.17. The molecular weight excluding hydrogens is 298 g/mol. The van der Waals surface area contributed by atoms with Gasteiger partial charge in [0.2, 0.25) is 0 Å². The van der Waals surface area contributed by atoms with Crippen molar-refractivity contribution in [3.8, 4) is 17.2 Å². The minimum Gasteiger partial charge on any atom is -0.493 e. The third kappa shape index (κ3) is 2.52. The van der Waals surface area contributed by atoms with Gasteiger partial charge >= 0.3 is 5.97 Å². The van der Waals surface area contributed by atoms with Gasteiger partial charge in [-0.05, 0) is 24.3 Å². The maximum atomic E-state index is 12.3. The predicted octanol–water partition coefficient (Wildman–Crippen LogP) is 2.99. The highest BCUT2D eigenvalue weighted by atomic mass is 16.5. The first-order chi connectivity index (χ1) is 11.2. The van der Waals surface area contributed by atoms with Crippen LogP contribution in [0.5, 0.6) is 17.2 Å². The summed E-state index contributed by atoms with van der Waals surface area (Å²) in [5.41, 5.74) is 1.76. The highest BCUT2D eigenvalue weighted by Crippen LogP contribution is 2.42. The molecule has 0 bridgehead atoms. The molecule has 0 spiro atoms. The second-order valence-corrected chi connectivity index (χ2v) is 4.90. The van der Waals surface area contributed by atoms with E-state index in [2.05, 4.69) is 5.32 Å². The Balaban J connectivity index is 2.08. The zero-order valence-corrected chi connectivity index (χ0v) is 13.1. The van der Waals surface area contributed by atoms with E-state index in [1.54, 1.807) is 12.1 Å². The van der Waals surface area contributed by atoms with Crippen molar-refractivity contribution in [1.29, 1.82) is 0 Å². The second kappa shape index (κ2) is 6.08. The van der Waals surface area contributed by atoms with Crippen LogP contribution in [0.3, 0.4) is 0 Å². The van der Waals surface area contributed by atoms with Crippen molar-refractivity contribution in [3.63, 3.8) is 0 Å². The van der Waals surface area contributed by atoms with E-state index in [1.807, 2.05) is 24.3 Å². The number of benzene rings is 2. The van der Waals surface area contributed by atoms with Crippen molar-refractivity contribution >= 4 is 11.7 Å². The minimum atomic E-state index is -0.517. The molecule has 0 saturated carbocycles. The Morgan fingerprint density at radius 1 is 1.09 bits per heavy atom. The van der Waals surface area contributed by atoms with E-state index in [9.17, 15) is 4.79 Å². The Morgan fingerprint density at radius 2 is 1.87 bits per heavy atom. The molecule has 2 aromatic carbocycles. The average molecular weight is 315 g/mol. The molecule has 0 radical (unpaired) electrons.